The van der Waals surface area contributed by atoms with Gasteiger partial charge in [0.15, 0.2) is 5.79 Å². The molecule has 3 fully saturated rings. The van der Waals surface area contributed by atoms with E-state index < -0.39 is 17.9 Å². The van der Waals surface area contributed by atoms with Gasteiger partial charge in [-0.15, -0.1) is 0 Å². The van der Waals surface area contributed by atoms with Crippen LogP contribution in [0.2, 0.25) is 0 Å². The molecule has 2 N–H and O–H groups in total. The summed E-state index contributed by atoms with van der Waals surface area (Å²) in [6.45, 7) is 8.41. The molecule has 4 aliphatic carbocycles. The summed E-state index contributed by atoms with van der Waals surface area (Å²) < 4.78 is 11.2. The van der Waals surface area contributed by atoms with Gasteiger partial charge in [-0.2, -0.15) is 0 Å². The Hall–Kier alpha value is -1.69. The highest BCUT2D eigenvalue weighted by molar-refractivity contribution is 5.71. The van der Waals surface area contributed by atoms with E-state index in [2.05, 4.69) is 32.6 Å². The van der Waals surface area contributed by atoms with Crippen molar-refractivity contribution >= 4 is 5.97 Å². The van der Waals surface area contributed by atoms with E-state index in [1.807, 2.05) is 6.08 Å². The molecule has 0 radical (unpaired) electrons. The van der Waals surface area contributed by atoms with Crippen LogP contribution in [0.3, 0.4) is 0 Å². The molecular formula is C29H42O5. The summed E-state index contributed by atoms with van der Waals surface area (Å²) in [5.74, 6) is -1.53. The highest BCUT2D eigenvalue weighted by Gasteiger charge is 2.44. The summed E-state index contributed by atoms with van der Waals surface area (Å²) in [7, 11) is 0. The average molecular weight is 471 g/mol. The van der Waals surface area contributed by atoms with Gasteiger partial charge in [0.2, 0.25) is 0 Å². The van der Waals surface area contributed by atoms with Crippen LogP contribution in [0.15, 0.2) is 47.1 Å². The first-order chi connectivity index (χ1) is 16.2. The minimum Gasteiger partial charge on any atom is -0.461 e. The molecule has 0 bridgehead atoms. The number of carbonyl (C=O) groups excluding carboxylic acids is 1. The fourth-order valence-electron chi connectivity index (χ4n) is 6.66. The van der Waals surface area contributed by atoms with Gasteiger partial charge in [-0.3, -0.25) is 0 Å². The van der Waals surface area contributed by atoms with Crippen LogP contribution < -0.4 is 0 Å². The van der Waals surface area contributed by atoms with Crippen molar-refractivity contribution in [3.8, 4) is 0 Å². The quantitative estimate of drug-likeness (QED) is 0.297. The predicted molar refractivity (Wildman–Crippen MR) is 133 cm³/mol. The van der Waals surface area contributed by atoms with Crippen molar-refractivity contribution in [1.82, 2.24) is 0 Å². The maximum Gasteiger partial charge on any atom is 0.332 e. The second-order valence-electron chi connectivity index (χ2n) is 11.0. The third-order valence-corrected chi connectivity index (χ3v) is 8.69. The monoisotopic (exact) mass is 470 g/mol. The van der Waals surface area contributed by atoms with Crippen LogP contribution in [-0.2, 0) is 14.3 Å². The summed E-state index contributed by atoms with van der Waals surface area (Å²) in [5.41, 5.74) is 4.67. The first-order valence-electron chi connectivity index (χ1n) is 13.3. The van der Waals surface area contributed by atoms with Crippen LogP contribution in [0.1, 0.15) is 90.9 Å². The van der Waals surface area contributed by atoms with E-state index in [-0.39, 0.29) is 31.0 Å². The van der Waals surface area contributed by atoms with Gasteiger partial charge in [0.25, 0.3) is 0 Å². The first-order valence-corrected chi connectivity index (χ1v) is 13.3. The fraction of sp³-hybridized carbons (Fsp3) is 0.690. The summed E-state index contributed by atoms with van der Waals surface area (Å²) in [6, 6.07) is 0. The standard InChI is InChI=1S/C29H42O5/c1-4-23-14-15-25-21(9-8-16-28(23,25)3)12-13-22-17-29(32,18-26(30)20(22)2)33-19-27(31)34-24-10-6-5-7-11-24/h12-14,24-26,30,32H,2,4-11,15-19H2,1,3H3/t25-,26?,28+,29-/m0/s1. The van der Waals surface area contributed by atoms with Crippen LogP contribution in [0.5, 0.6) is 0 Å². The fourth-order valence-corrected chi connectivity index (χ4v) is 6.66. The zero-order valence-electron chi connectivity index (χ0n) is 21.0. The van der Waals surface area contributed by atoms with Gasteiger partial charge in [-0.05, 0) is 80.3 Å². The van der Waals surface area contributed by atoms with Gasteiger partial charge >= 0.3 is 5.97 Å². The van der Waals surface area contributed by atoms with Crippen molar-refractivity contribution in [3.05, 3.63) is 47.1 Å². The lowest BCUT2D eigenvalue weighted by Gasteiger charge is -2.41. The Bertz CT molecular complexity index is 877. The molecule has 5 nitrogen and oxygen atoms in total. The molecule has 34 heavy (non-hydrogen) atoms. The third kappa shape index (κ3) is 5.42. The van der Waals surface area contributed by atoms with E-state index in [0.29, 0.717) is 11.5 Å². The number of ether oxygens (including phenoxy) is 2. The topological polar surface area (TPSA) is 76.0 Å². The maximum absolute atomic E-state index is 12.3. The summed E-state index contributed by atoms with van der Waals surface area (Å²) in [4.78, 5) is 12.3. The molecule has 0 aromatic heterocycles. The number of rotatable bonds is 6. The zero-order chi connectivity index (χ0) is 24.3. The van der Waals surface area contributed by atoms with E-state index in [1.165, 1.54) is 24.8 Å². The molecule has 0 amide bonds. The molecule has 0 aromatic rings. The van der Waals surface area contributed by atoms with Gasteiger partial charge < -0.3 is 19.7 Å². The lowest BCUT2D eigenvalue weighted by Crippen LogP contribution is -2.43. The smallest absolute Gasteiger partial charge is 0.332 e. The van der Waals surface area contributed by atoms with Crippen molar-refractivity contribution < 1.29 is 24.5 Å². The van der Waals surface area contributed by atoms with E-state index >= 15 is 0 Å². The second-order valence-corrected chi connectivity index (χ2v) is 11.0. The Balaban J connectivity index is 1.41. The number of aliphatic hydroxyl groups is 2. The Morgan fingerprint density at radius 3 is 2.74 bits per heavy atom. The maximum atomic E-state index is 12.3. The van der Waals surface area contributed by atoms with Gasteiger partial charge in [-0.1, -0.05) is 56.2 Å². The molecule has 3 saturated carbocycles. The Morgan fingerprint density at radius 2 is 2.00 bits per heavy atom. The number of hydrogen-bond acceptors (Lipinski definition) is 5. The molecule has 0 aromatic carbocycles. The third-order valence-electron chi connectivity index (χ3n) is 8.69. The molecular weight excluding hydrogens is 428 g/mol. The van der Waals surface area contributed by atoms with E-state index in [0.717, 1.165) is 50.5 Å². The van der Waals surface area contributed by atoms with Crippen molar-refractivity contribution in [2.45, 2.75) is 109 Å². The summed E-state index contributed by atoms with van der Waals surface area (Å²) in [5, 5.41) is 21.7. The lowest BCUT2D eigenvalue weighted by atomic mass is 9.64. The molecule has 4 aliphatic rings. The number of aliphatic hydroxyl groups excluding tert-OH is 1. The van der Waals surface area contributed by atoms with Crippen LogP contribution in [0, 0.1) is 11.3 Å². The van der Waals surface area contributed by atoms with Crippen LogP contribution in [0.4, 0.5) is 0 Å². The van der Waals surface area contributed by atoms with Gasteiger partial charge in [0.05, 0.1) is 6.10 Å². The highest BCUT2D eigenvalue weighted by atomic mass is 16.6. The Morgan fingerprint density at radius 1 is 1.24 bits per heavy atom. The second kappa shape index (κ2) is 10.5. The minimum absolute atomic E-state index is 0.000922. The Kier molecular flexibility index (Phi) is 7.85. The largest absolute Gasteiger partial charge is 0.461 e. The van der Waals surface area contributed by atoms with Crippen LogP contribution in [-0.4, -0.2) is 40.8 Å². The number of fused-ring (bicyclic) bond motifs is 1. The SMILES string of the molecule is C=C1C(=CC=C2CCC[C@]3(C)C(CC)=CC[C@@H]23)C[C@](O)(OCC(=O)OC2CCCCC2)CC1O. The van der Waals surface area contributed by atoms with Gasteiger partial charge in [0, 0.05) is 12.8 Å². The van der Waals surface area contributed by atoms with E-state index in [4.69, 9.17) is 9.47 Å². The Labute approximate surface area is 204 Å². The molecule has 0 saturated heterocycles. The molecule has 0 aliphatic heterocycles. The zero-order valence-corrected chi connectivity index (χ0v) is 21.0. The lowest BCUT2D eigenvalue weighted by molar-refractivity contribution is -0.227. The van der Waals surface area contributed by atoms with Gasteiger partial charge in [-0.25, -0.2) is 4.79 Å². The molecule has 4 atom stereocenters. The molecule has 1 unspecified atom stereocenters. The van der Waals surface area contributed by atoms with E-state index in [1.54, 1.807) is 5.57 Å². The van der Waals surface area contributed by atoms with Crippen LogP contribution in [0.25, 0.3) is 0 Å². The highest BCUT2D eigenvalue weighted by Crippen LogP contribution is 2.55. The average Bonchev–Trinajstić information content (AvgIpc) is 3.16. The first kappa shape index (κ1) is 25.4. The number of carbonyl (C=O) groups is 1. The predicted octanol–water partition coefficient (Wildman–Crippen LogP) is 5.68. The summed E-state index contributed by atoms with van der Waals surface area (Å²) >= 11 is 0. The number of hydrogen-bond donors (Lipinski definition) is 2. The van der Waals surface area contributed by atoms with Crippen LogP contribution >= 0.6 is 0 Å². The minimum atomic E-state index is -1.61. The van der Waals surface area contributed by atoms with Crippen molar-refractivity contribution in [1.29, 1.82) is 0 Å². The number of esters is 1. The normalized spacial score (nSPS) is 37.1. The molecule has 188 valence electrons. The van der Waals surface area contributed by atoms with Crippen molar-refractivity contribution in [2.24, 2.45) is 11.3 Å². The molecule has 4 rings (SSSR count). The van der Waals surface area contributed by atoms with E-state index in [9.17, 15) is 15.0 Å². The van der Waals surface area contributed by atoms with Gasteiger partial charge in [0.1, 0.15) is 12.7 Å². The van der Waals surface area contributed by atoms with Crippen molar-refractivity contribution in [3.63, 3.8) is 0 Å². The molecule has 5 heteroatoms. The van der Waals surface area contributed by atoms with Crippen molar-refractivity contribution in [2.75, 3.05) is 6.61 Å². The summed E-state index contributed by atoms with van der Waals surface area (Å²) in [6.07, 6.45) is 16.7. The molecule has 0 spiro atoms. The molecule has 0 heterocycles. The number of allylic oxidation sites excluding steroid dienone is 5.